The maximum atomic E-state index is 9.27. The van der Waals surface area contributed by atoms with Gasteiger partial charge in [0.25, 0.3) is 0 Å². The monoisotopic (exact) mass is 225 g/mol. The van der Waals surface area contributed by atoms with Gasteiger partial charge >= 0.3 is 0 Å². The minimum atomic E-state index is -0.266. The largest absolute Gasteiger partial charge is 0.504 e. The van der Waals surface area contributed by atoms with Gasteiger partial charge in [-0.25, -0.2) is 0 Å². The zero-order valence-corrected chi connectivity index (χ0v) is 8.43. The summed E-state index contributed by atoms with van der Waals surface area (Å²) < 4.78 is 0. The Morgan fingerprint density at radius 1 is 1.08 bits per heavy atom. The summed E-state index contributed by atoms with van der Waals surface area (Å²) in [4.78, 5) is 0. The number of hydrogen-bond acceptors (Lipinski definition) is 2. The van der Waals surface area contributed by atoms with E-state index in [4.69, 9.17) is 40.5 Å². The molecule has 0 spiro atoms. The SMILES string of the molecule is Cc1c(Cl)c(N)c(O)c(Cl)c1Cl. The fourth-order valence-corrected chi connectivity index (χ4v) is 1.45. The summed E-state index contributed by atoms with van der Waals surface area (Å²) in [5.41, 5.74) is 6.05. The average Bonchev–Trinajstić information content (AvgIpc) is 2.08. The lowest BCUT2D eigenvalue weighted by Gasteiger charge is -2.09. The first-order valence-electron chi connectivity index (χ1n) is 3.08. The molecule has 0 aromatic heterocycles. The Bertz CT molecular complexity index is 233. The highest BCUT2D eigenvalue weighted by Gasteiger charge is 2.15. The lowest BCUT2D eigenvalue weighted by Crippen LogP contribution is -1.91. The fourth-order valence-electron chi connectivity index (χ4n) is 0.789. The molecular weight excluding hydrogens is 220 g/mol. The van der Waals surface area contributed by atoms with Gasteiger partial charge in [0, 0.05) is 0 Å². The first-order valence-corrected chi connectivity index (χ1v) is 4.21. The van der Waals surface area contributed by atoms with Crippen LogP contribution in [0.5, 0.6) is 5.75 Å². The third-order valence-corrected chi connectivity index (χ3v) is 2.97. The number of aromatic hydroxyl groups is 1. The highest BCUT2D eigenvalue weighted by Crippen LogP contribution is 2.43. The Kier molecular flexibility index (Phi) is 2.61. The Morgan fingerprint density at radius 3 is 2.08 bits per heavy atom. The van der Waals surface area contributed by atoms with Crippen LogP contribution in [0.4, 0.5) is 5.69 Å². The van der Waals surface area contributed by atoms with Crippen LogP contribution in [-0.4, -0.2) is 5.11 Å². The Labute approximate surface area is 84.8 Å². The van der Waals surface area contributed by atoms with Crippen LogP contribution in [0.25, 0.3) is 0 Å². The summed E-state index contributed by atoms with van der Waals surface area (Å²) >= 11 is 17.1. The van der Waals surface area contributed by atoms with E-state index in [1.807, 2.05) is 0 Å². The molecule has 0 unspecified atom stereocenters. The number of nitrogens with two attached hydrogens (primary N) is 1. The molecule has 0 aliphatic heterocycles. The van der Waals surface area contributed by atoms with Crippen LogP contribution in [0.3, 0.4) is 0 Å². The van der Waals surface area contributed by atoms with Crippen molar-refractivity contribution in [2.75, 3.05) is 5.73 Å². The van der Waals surface area contributed by atoms with Gasteiger partial charge in [0.15, 0.2) is 5.75 Å². The van der Waals surface area contributed by atoms with Gasteiger partial charge in [0.1, 0.15) is 5.02 Å². The van der Waals surface area contributed by atoms with Crippen molar-refractivity contribution in [3.8, 4) is 5.75 Å². The molecule has 1 aromatic rings. The zero-order valence-electron chi connectivity index (χ0n) is 6.16. The topological polar surface area (TPSA) is 46.2 Å². The summed E-state index contributed by atoms with van der Waals surface area (Å²) in [7, 11) is 0. The molecule has 0 fully saturated rings. The van der Waals surface area contributed by atoms with Gasteiger partial charge in [-0.3, -0.25) is 0 Å². The van der Waals surface area contributed by atoms with Gasteiger partial charge in [0.2, 0.25) is 0 Å². The standard InChI is InChI=1S/C7H6Cl3NO/c1-2-3(8)5(10)7(12)6(11)4(2)9/h12H,11H2,1H3. The Hall–Kier alpha value is -0.310. The number of phenols is 1. The summed E-state index contributed by atoms with van der Waals surface area (Å²) in [5, 5.41) is 9.77. The van der Waals surface area contributed by atoms with E-state index < -0.39 is 0 Å². The van der Waals surface area contributed by atoms with Gasteiger partial charge < -0.3 is 10.8 Å². The van der Waals surface area contributed by atoms with Crippen molar-refractivity contribution in [2.24, 2.45) is 0 Å². The second-order valence-corrected chi connectivity index (χ2v) is 3.46. The third kappa shape index (κ3) is 1.30. The van der Waals surface area contributed by atoms with Crippen LogP contribution in [0.1, 0.15) is 5.56 Å². The molecule has 0 aliphatic carbocycles. The lowest BCUT2D eigenvalue weighted by atomic mass is 10.2. The second-order valence-electron chi connectivity index (χ2n) is 2.33. The van der Waals surface area contributed by atoms with Crippen molar-refractivity contribution in [1.29, 1.82) is 0 Å². The molecule has 3 N–H and O–H groups in total. The zero-order chi connectivity index (χ0) is 9.46. The van der Waals surface area contributed by atoms with Gasteiger partial charge in [-0.05, 0) is 12.5 Å². The van der Waals surface area contributed by atoms with E-state index in [0.29, 0.717) is 5.56 Å². The number of phenolic OH excluding ortho intramolecular Hbond substituents is 1. The molecule has 1 rings (SSSR count). The number of halogens is 3. The summed E-state index contributed by atoms with van der Waals surface area (Å²) in [6.45, 7) is 1.67. The normalized spacial score (nSPS) is 10.3. The third-order valence-electron chi connectivity index (χ3n) is 1.55. The predicted molar refractivity (Wildman–Crippen MR) is 52.3 cm³/mol. The minimum absolute atomic E-state index is 0.0380. The van der Waals surface area contributed by atoms with Crippen LogP contribution in [0.15, 0.2) is 0 Å². The number of nitrogen functional groups attached to an aromatic ring is 1. The van der Waals surface area contributed by atoms with E-state index in [1.165, 1.54) is 0 Å². The van der Waals surface area contributed by atoms with Crippen molar-refractivity contribution in [3.63, 3.8) is 0 Å². The minimum Gasteiger partial charge on any atom is -0.504 e. The molecule has 66 valence electrons. The first-order chi connectivity index (χ1) is 5.46. The van der Waals surface area contributed by atoms with E-state index in [2.05, 4.69) is 0 Å². The van der Waals surface area contributed by atoms with Crippen molar-refractivity contribution in [2.45, 2.75) is 6.92 Å². The molecule has 2 nitrogen and oxygen atoms in total. The van der Waals surface area contributed by atoms with E-state index in [0.717, 1.165) is 0 Å². The van der Waals surface area contributed by atoms with Crippen LogP contribution in [0.2, 0.25) is 15.1 Å². The molecule has 0 atom stereocenters. The van der Waals surface area contributed by atoms with E-state index in [-0.39, 0.29) is 26.5 Å². The summed E-state index contributed by atoms with van der Waals surface area (Å²) in [5.74, 6) is -0.266. The summed E-state index contributed by atoms with van der Waals surface area (Å²) in [6, 6.07) is 0. The molecule has 0 aliphatic rings. The van der Waals surface area contributed by atoms with Crippen molar-refractivity contribution in [3.05, 3.63) is 20.6 Å². The molecule has 0 amide bonds. The maximum Gasteiger partial charge on any atom is 0.160 e. The first kappa shape index (κ1) is 9.78. The van der Waals surface area contributed by atoms with Crippen molar-refractivity contribution < 1.29 is 5.11 Å². The fraction of sp³-hybridized carbons (Fsp3) is 0.143. The molecule has 0 saturated heterocycles. The number of benzene rings is 1. The van der Waals surface area contributed by atoms with Gasteiger partial charge in [0.05, 0.1) is 15.7 Å². The molecule has 0 heterocycles. The maximum absolute atomic E-state index is 9.27. The summed E-state index contributed by atoms with van der Waals surface area (Å²) in [6.07, 6.45) is 0. The van der Waals surface area contributed by atoms with Gasteiger partial charge in [-0.15, -0.1) is 0 Å². The molecule has 0 saturated carbocycles. The quantitative estimate of drug-likeness (QED) is 0.405. The number of rotatable bonds is 0. The smallest absolute Gasteiger partial charge is 0.160 e. The molecule has 0 radical (unpaired) electrons. The highest BCUT2D eigenvalue weighted by atomic mass is 35.5. The van der Waals surface area contributed by atoms with E-state index >= 15 is 0 Å². The van der Waals surface area contributed by atoms with Crippen LogP contribution in [0, 0.1) is 6.92 Å². The highest BCUT2D eigenvalue weighted by molar-refractivity contribution is 6.46. The Balaban J connectivity index is 3.60. The van der Waals surface area contributed by atoms with Crippen LogP contribution < -0.4 is 5.73 Å². The van der Waals surface area contributed by atoms with Gasteiger partial charge in [-0.1, -0.05) is 34.8 Å². The Morgan fingerprint density at radius 2 is 1.58 bits per heavy atom. The van der Waals surface area contributed by atoms with E-state index in [1.54, 1.807) is 6.92 Å². The molecule has 5 heteroatoms. The second kappa shape index (κ2) is 3.21. The van der Waals surface area contributed by atoms with Crippen molar-refractivity contribution >= 4 is 40.5 Å². The predicted octanol–water partition coefficient (Wildman–Crippen LogP) is 3.24. The number of anilines is 1. The average molecular weight is 226 g/mol. The molecule has 12 heavy (non-hydrogen) atoms. The molecule has 1 aromatic carbocycles. The number of hydrogen-bond donors (Lipinski definition) is 2. The van der Waals surface area contributed by atoms with Gasteiger partial charge in [-0.2, -0.15) is 0 Å². The van der Waals surface area contributed by atoms with Crippen molar-refractivity contribution in [1.82, 2.24) is 0 Å². The van der Waals surface area contributed by atoms with Crippen LogP contribution >= 0.6 is 34.8 Å². The van der Waals surface area contributed by atoms with E-state index in [9.17, 15) is 5.11 Å². The molecule has 0 bridgehead atoms. The van der Waals surface area contributed by atoms with Crippen LogP contribution in [-0.2, 0) is 0 Å². The molecular formula is C7H6Cl3NO. The lowest BCUT2D eigenvalue weighted by molar-refractivity contribution is 0.478.